The molecule has 3 fully saturated rings. The number of carbonyl (C=O) groups excluding carboxylic acids is 1. The van der Waals surface area contributed by atoms with Crippen LogP contribution in [-0.4, -0.2) is 82.1 Å². The summed E-state index contributed by atoms with van der Waals surface area (Å²) in [5.41, 5.74) is 0.168. The van der Waals surface area contributed by atoms with Gasteiger partial charge in [0.15, 0.2) is 0 Å². The Hall–Kier alpha value is -1.44. The van der Waals surface area contributed by atoms with E-state index in [0.29, 0.717) is 12.5 Å². The molecule has 1 aromatic heterocycles. The number of aryl methyl sites for hydroxylation is 1. The van der Waals surface area contributed by atoms with E-state index in [1.54, 1.807) is 6.20 Å². The van der Waals surface area contributed by atoms with E-state index >= 15 is 0 Å². The molecular formula is C21H34N4O3. The van der Waals surface area contributed by atoms with Gasteiger partial charge in [0.05, 0.1) is 6.10 Å². The molecule has 0 bridgehead atoms. The van der Waals surface area contributed by atoms with Crippen molar-refractivity contribution < 1.29 is 14.6 Å². The number of aliphatic hydroxyl groups excluding tert-OH is 1. The van der Waals surface area contributed by atoms with Crippen LogP contribution in [0.15, 0.2) is 18.5 Å². The number of rotatable bonds is 5. The van der Waals surface area contributed by atoms with Crippen LogP contribution in [0.5, 0.6) is 0 Å². The second kappa shape index (κ2) is 8.93. The smallest absolute Gasteiger partial charge is 0.222 e. The molecule has 0 aromatic carbocycles. The summed E-state index contributed by atoms with van der Waals surface area (Å²) in [5, 5.41) is 14.7. The number of hydrogen-bond acceptors (Lipinski definition) is 5. The molecule has 1 unspecified atom stereocenters. The van der Waals surface area contributed by atoms with Crippen LogP contribution in [0.1, 0.15) is 44.9 Å². The summed E-state index contributed by atoms with van der Waals surface area (Å²) in [6, 6.07) is 2.45. The van der Waals surface area contributed by atoms with Gasteiger partial charge in [-0.1, -0.05) is 0 Å². The first-order valence-corrected chi connectivity index (χ1v) is 10.9. The Bertz CT molecular complexity index is 622. The SMILES string of the molecule is O=C(CCCn1cccn1)N1CCC2(CC1)CC(O)CN(C1CCOCC1)C2. The Morgan fingerprint density at radius 1 is 1.25 bits per heavy atom. The topological polar surface area (TPSA) is 70.8 Å². The lowest BCUT2D eigenvalue weighted by atomic mass is 9.71. The summed E-state index contributed by atoms with van der Waals surface area (Å²) in [7, 11) is 0. The Balaban J connectivity index is 1.26. The number of hydrogen-bond donors (Lipinski definition) is 1. The predicted octanol–water partition coefficient (Wildman–Crippen LogP) is 1.52. The van der Waals surface area contributed by atoms with E-state index in [-0.39, 0.29) is 17.4 Å². The molecule has 0 radical (unpaired) electrons. The first-order valence-electron chi connectivity index (χ1n) is 10.9. The number of β-amino-alcohol motifs (C(OH)–C–C–N with tert-alkyl or cyclic N) is 1. The van der Waals surface area contributed by atoms with Crippen LogP contribution in [0.4, 0.5) is 0 Å². The second-order valence-corrected chi connectivity index (χ2v) is 8.88. The largest absolute Gasteiger partial charge is 0.392 e. The second-order valence-electron chi connectivity index (χ2n) is 8.88. The molecule has 1 aromatic rings. The highest BCUT2D eigenvalue weighted by Crippen LogP contribution is 2.41. The first-order chi connectivity index (χ1) is 13.6. The Labute approximate surface area is 167 Å². The Kier molecular flexibility index (Phi) is 6.33. The lowest BCUT2D eigenvalue weighted by molar-refractivity contribution is -0.136. The van der Waals surface area contributed by atoms with Crippen LogP contribution < -0.4 is 0 Å². The molecule has 0 saturated carbocycles. The molecule has 156 valence electrons. The van der Waals surface area contributed by atoms with Gasteiger partial charge in [-0.25, -0.2) is 0 Å². The quantitative estimate of drug-likeness (QED) is 0.825. The first kappa shape index (κ1) is 19.9. The van der Waals surface area contributed by atoms with E-state index in [4.69, 9.17) is 4.74 Å². The monoisotopic (exact) mass is 390 g/mol. The number of piperidine rings is 2. The molecule has 3 aliphatic heterocycles. The van der Waals surface area contributed by atoms with Gasteiger partial charge in [-0.2, -0.15) is 5.10 Å². The number of ether oxygens (including phenoxy) is 1. The zero-order chi connectivity index (χ0) is 19.4. The predicted molar refractivity (Wildman–Crippen MR) is 106 cm³/mol. The summed E-state index contributed by atoms with van der Waals surface area (Å²) >= 11 is 0. The normalized spacial score (nSPS) is 26.6. The van der Waals surface area contributed by atoms with Crippen molar-refractivity contribution in [1.82, 2.24) is 19.6 Å². The van der Waals surface area contributed by atoms with E-state index < -0.39 is 0 Å². The average Bonchev–Trinajstić information content (AvgIpc) is 3.22. The summed E-state index contributed by atoms with van der Waals surface area (Å²) in [5.74, 6) is 0.264. The van der Waals surface area contributed by atoms with E-state index in [1.165, 1.54) is 0 Å². The Morgan fingerprint density at radius 3 is 2.75 bits per heavy atom. The minimum atomic E-state index is -0.243. The molecule has 1 atom stereocenters. The van der Waals surface area contributed by atoms with Gasteiger partial charge in [0.2, 0.25) is 5.91 Å². The van der Waals surface area contributed by atoms with E-state index in [9.17, 15) is 9.90 Å². The highest BCUT2D eigenvalue weighted by atomic mass is 16.5. The molecule has 1 spiro atoms. The van der Waals surface area contributed by atoms with Crippen molar-refractivity contribution >= 4 is 5.91 Å². The van der Waals surface area contributed by atoms with Crippen LogP contribution in [0, 0.1) is 5.41 Å². The summed E-state index contributed by atoms with van der Waals surface area (Å²) in [4.78, 5) is 17.1. The minimum Gasteiger partial charge on any atom is -0.392 e. The van der Waals surface area contributed by atoms with Crippen molar-refractivity contribution in [3.05, 3.63) is 18.5 Å². The van der Waals surface area contributed by atoms with Gasteiger partial charge in [-0.3, -0.25) is 14.4 Å². The van der Waals surface area contributed by atoms with Gasteiger partial charge in [0, 0.05) is 70.8 Å². The molecule has 3 aliphatic rings. The van der Waals surface area contributed by atoms with Gasteiger partial charge in [-0.05, 0) is 50.0 Å². The van der Waals surface area contributed by atoms with Gasteiger partial charge in [-0.15, -0.1) is 0 Å². The molecule has 0 aliphatic carbocycles. The zero-order valence-corrected chi connectivity index (χ0v) is 16.8. The zero-order valence-electron chi connectivity index (χ0n) is 16.8. The fraction of sp³-hybridized carbons (Fsp3) is 0.810. The molecule has 1 N–H and O–H groups in total. The van der Waals surface area contributed by atoms with Gasteiger partial charge in [0.25, 0.3) is 0 Å². The molecule has 7 nitrogen and oxygen atoms in total. The van der Waals surface area contributed by atoms with Crippen molar-refractivity contribution in [3.63, 3.8) is 0 Å². The summed E-state index contributed by atoms with van der Waals surface area (Å²) in [6.07, 6.45) is 9.93. The standard InChI is InChI=1S/C21H34N4O3/c26-19-15-21(17-24(16-19)18-4-13-28-14-5-18)6-11-23(12-7-21)20(27)3-1-9-25-10-2-8-22-25/h2,8,10,18-19,26H,1,3-7,9,11-17H2. The van der Waals surface area contributed by atoms with Crippen LogP contribution in [-0.2, 0) is 16.1 Å². The van der Waals surface area contributed by atoms with Crippen molar-refractivity contribution in [2.75, 3.05) is 39.4 Å². The van der Waals surface area contributed by atoms with E-state index in [1.807, 2.05) is 21.8 Å². The van der Waals surface area contributed by atoms with Crippen LogP contribution in [0.25, 0.3) is 0 Å². The molecule has 4 heterocycles. The number of amides is 1. The highest BCUT2D eigenvalue weighted by Gasteiger charge is 2.43. The van der Waals surface area contributed by atoms with Crippen LogP contribution in [0.3, 0.4) is 0 Å². The van der Waals surface area contributed by atoms with Crippen molar-refractivity contribution in [3.8, 4) is 0 Å². The minimum absolute atomic E-state index is 0.168. The lowest BCUT2D eigenvalue weighted by Gasteiger charge is -2.51. The number of likely N-dealkylation sites (tertiary alicyclic amines) is 2. The number of nitrogens with zero attached hydrogens (tertiary/aromatic N) is 4. The fourth-order valence-electron chi connectivity index (χ4n) is 5.30. The van der Waals surface area contributed by atoms with Gasteiger partial charge < -0.3 is 14.7 Å². The maximum atomic E-state index is 12.6. The van der Waals surface area contributed by atoms with E-state index in [2.05, 4.69) is 10.00 Å². The maximum absolute atomic E-state index is 12.6. The van der Waals surface area contributed by atoms with Crippen LogP contribution >= 0.6 is 0 Å². The van der Waals surface area contributed by atoms with Crippen molar-refractivity contribution in [2.45, 2.75) is 63.6 Å². The third kappa shape index (κ3) is 4.75. The molecule has 4 rings (SSSR count). The third-order valence-electron chi connectivity index (χ3n) is 6.87. The maximum Gasteiger partial charge on any atom is 0.222 e. The number of aliphatic hydroxyl groups is 1. The molecule has 28 heavy (non-hydrogen) atoms. The van der Waals surface area contributed by atoms with Crippen molar-refractivity contribution in [2.24, 2.45) is 5.41 Å². The Morgan fingerprint density at radius 2 is 2.04 bits per heavy atom. The highest BCUT2D eigenvalue weighted by molar-refractivity contribution is 5.76. The third-order valence-corrected chi connectivity index (χ3v) is 6.87. The number of aromatic nitrogens is 2. The number of carbonyl (C=O) groups is 1. The fourth-order valence-corrected chi connectivity index (χ4v) is 5.30. The van der Waals surface area contributed by atoms with Crippen molar-refractivity contribution in [1.29, 1.82) is 0 Å². The van der Waals surface area contributed by atoms with Crippen LogP contribution in [0.2, 0.25) is 0 Å². The van der Waals surface area contributed by atoms with Gasteiger partial charge >= 0.3 is 0 Å². The molecular weight excluding hydrogens is 356 g/mol. The molecule has 1 amide bonds. The lowest BCUT2D eigenvalue weighted by Crippen LogP contribution is -2.57. The summed E-state index contributed by atoms with van der Waals surface area (Å²) < 4.78 is 7.39. The average molecular weight is 391 g/mol. The van der Waals surface area contributed by atoms with Gasteiger partial charge in [0.1, 0.15) is 0 Å². The van der Waals surface area contributed by atoms with E-state index in [0.717, 1.165) is 84.5 Å². The molecule has 7 heteroatoms. The summed E-state index contributed by atoms with van der Waals surface area (Å²) in [6.45, 7) is 5.99. The molecule has 3 saturated heterocycles.